The Morgan fingerprint density at radius 3 is 1.64 bits per heavy atom. The third-order valence-electron chi connectivity index (χ3n) is 4.06. The van der Waals surface area contributed by atoms with E-state index in [1.165, 1.54) is 24.3 Å². The maximum Gasteiger partial charge on any atom is 0.289 e. The van der Waals surface area contributed by atoms with E-state index in [4.69, 9.17) is 11.6 Å². The van der Waals surface area contributed by atoms with E-state index in [9.17, 15) is 37.1 Å². The molecule has 0 radical (unpaired) electrons. The maximum atomic E-state index is 12.6. The van der Waals surface area contributed by atoms with Crippen LogP contribution < -0.4 is 0 Å². The van der Waals surface area contributed by atoms with Crippen LogP contribution in [0.3, 0.4) is 0 Å². The number of allylic oxidation sites excluding steroid dienone is 4. The van der Waals surface area contributed by atoms with Gasteiger partial charge in [-0.25, -0.2) is 0 Å². The van der Waals surface area contributed by atoms with Crippen LogP contribution in [0.25, 0.3) is 0 Å². The molecule has 2 aromatic rings. The van der Waals surface area contributed by atoms with Gasteiger partial charge in [0.05, 0.1) is 26.3 Å². The monoisotopic (exact) mass is 510 g/mol. The van der Waals surface area contributed by atoms with Crippen molar-refractivity contribution in [3.63, 3.8) is 0 Å². The number of sulfonamides is 2. The quantitative estimate of drug-likeness (QED) is 0.322. The summed E-state index contributed by atoms with van der Waals surface area (Å²) in [7, 11) is -9.05. The average Bonchev–Trinajstić information content (AvgIpc) is 2.75. The smallest absolute Gasteiger partial charge is 0.258 e. The SMILES string of the molecule is O=[N+]([O-])c1ccccc1S(=O)(=O)/N=C1C=C/C(=N\S(=O)(=O)c2ccccc2[N+](=O)[O-])C(Cl)=C/1. The fourth-order valence-electron chi connectivity index (χ4n) is 2.65. The molecule has 0 heterocycles. The largest absolute Gasteiger partial charge is 0.289 e. The fourth-order valence-corrected chi connectivity index (χ4v) is 5.23. The van der Waals surface area contributed by atoms with Gasteiger partial charge in [0, 0.05) is 12.1 Å². The van der Waals surface area contributed by atoms with Crippen molar-refractivity contribution in [3.05, 3.63) is 92.0 Å². The molecule has 0 N–H and O–H groups in total. The normalized spacial score (nSPS) is 16.6. The summed E-state index contributed by atoms with van der Waals surface area (Å²) < 4.78 is 57.2. The van der Waals surface area contributed by atoms with Crippen LogP contribution in [0.2, 0.25) is 0 Å². The third-order valence-corrected chi connectivity index (χ3v) is 7.05. The minimum absolute atomic E-state index is 0.250. The number of nitro benzene ring substituents is 2. The molecule has 0 atom stereocenters. The Morgan fingerprint density at radius 1 is 0.727 bits per heavy atom. The van der Waals surface area contributed by atoms with E-state index >= 15 is 0 Å². The molecule has 0 spiro atoms. The summed E-state index contributed by atoms with van der Waals surface area (Å²) in [5.74, 6) is 0. The molecule has 170 valence electrons. The number of hydrogen-bond donors (Lipinski definition) is 0. The van der Waals surface area contributed by atoms with Crippen LogP contribution in [0.1, 0.15) is 0 Å². The molecule has 12 nitrogen and oxygen atoms in total. The van der Waals surface area contributed by atoms with Crippen LogP contribution in [0, 0.1) is 20.2 Å². The van der Waals surface area contributed by atoms with E-state index < -0.39 is 51.1 Å². The third kappa shape index (κ3) is 5.19. The molecule has 0 fully saturated rings. The standard InChI is InChI=1S/C18H11ClN4O8S2/c19-13-11-12(20-32(28,29)17-7-3-1-5-15(17)22(24)25)9-10-14(13)21-33(30,31)18-8-4-2-6-16(18)23(26)27/h1-11H/b20-12-,21-14+. The van der Waals surface area contributed by atoms with Crippen molar-refractivity contribution in [2.75, 3.05) is 0 Å². The first-order valence-corrected chi connectivity index (χ1v) is 11.9. The summed E-state index contributed by atoms with van der Waals surface area (Å²) in [6, 6.07) is 9.19. The predicted molar refractivity (Wildman–Crippen MR) is 119 cm³/mol. The number of para-hydroxylation sites is 2. The molecule has 0 unspecified atom stereocenters. The van der Waals surface area contributed by atoms with Gasteiger partial charge >= 0.3 is 0 Å². The van der Waals surface area contributed by atoms with E-state index in [1.807, 2.05) is 0 Å². The van der Waals surface area contributed by atoms with E-state index in [2.05, 4.69) is 8.80 Å². The second-order valence-electron chi connectivity index (χ2n) is 6.22. The molecular weight excluding hydrogens is 500 g/mol. The summed E-state index contributed by atoms with van der Waals surface area (Å²) in [4.78, 5) is 19.2. The topological polar surface area (TPSA) is 179 Å². The Balaban J connectivity index is 1.99. The minimum atomic E-state index is -4.54. The lowest BCUT2D eigenvalue weighted by Gasteiger charge is -2.08. The maximum absolute atomic E-state index is 12.6. The molecule has 33 heavy (non-hydrogen) atoms. The van der Waals surface area contributed by atoms with Crippen LogP contribution in [-0.2, 0) is 20.0 Å². The lowest BCUT2D eigenvalue weighted by atomic mass is 10.1. The van der Waals surface area contributed by atoms with Crippen molar-refractivity contribution in [2.45, 2.75) is 9.79 Å². The zero-order chi connectivity index (χ0) is 24.4. The summed E-state index contributed by atoms with van der Waals surface area (Å²) in [5.41, 5.74) is -1.92. The van der Waals surface area contributed by atoms with Crippen LogP contribution in [0.15, 0.2) is 90.4 Å². The molecule has 0 aromatic heterocycles. The molecule has 0 saturated heterocycles. The van der Waals surface area contributed by atoms with E-state index in [0.717, 1.165) is 42.5 Å². The minimum Gasteiger partial charge on any atom is -0.258 e. The summed E-state index contributed by atoms with van der Waals surface area (Å²) in [6.07, 6.45) is 3.11. The Morgan fingerprint density at radius 2 is 1.18 bits per heavy atom. The number of hydrogen-bond acceptors (Lipinski definition) is 8. The van der Waals surface area contributed by atoms with Crippen molar-refractivity contribution < 1.29 is 26.7 Å². The lowest BCUT2D eigenvalue weighted by Crippen LogP contribution is -2.11. The van der Waals surface area contributed by atoms with Gasteiger partial charge in [-0.05, 0) is 30.4 Å². The first-order chi connectivity index (χ1) is 15.4. The Kier molecular flexibility index (Phi) is 6.53. The van der Waals surface area contributed by atoms with Crippen LogP contribution in [0.5, 0.6) is 0 Å². The Hall–Kier alpha value is -3.75. The van der Waals surface area contributed by atoms with E-state index in [1.54, 1.807) is 0 Å². The molecular formula is C18H11ClN4O8S2. The summed E-state index contributed by atoms with van der Waals surface area (Å²) >= 11 is 6.03. The number of nitrogens with zero attached hydrogens (tertiary/aromatic N) is 4. The fraction of sp³-hybridized carbons (Fsp3) is 0. The van der Waals surface area contributed by atoms with Crippen molar-refractivity contribution >= 4 is 54.4 Å². The van der Waals surface area contributed by atoms with Crippen molar-refractivity contribution in [3.8, 4) is 0 Å². The van der Waals surface area contributed by atoms with Gasteiger partial charge in [0.25, 0.3) is 31.4 Å². The second-order valence-corrected chi connectivity index (χ2v) is 9.77. The molecule has 0 bridgehead atoms. The van der Waals surface area contributed by atoms with Gasteiger partial charge in [0.15, 0.2) is 9.79 Å². The lowest BCUT2D eigenvalue weighted by molar-refractivity contribution is -0.388. The molecule has 0 amide bonds. The highest BCUT2D eigenvalue weighted by molar-refractivity contribution is 7.90. The van der Waals surface area contributed by atoms with Gasteiger partial charge in [-0.15, -0.1) is 0 Å². The number of nitro groups is 2. The highest BCUT2D eigenvalue weighted by Crippen LogP contribution is 2.27. The second kappa shape index (κ2) is 9.01. The number of benzene rings is 2. The van der Waals surface area contributed by atoms with Crippen molar-refractivity contribution in [2.24, 2.45) is 8.80 Å². The average molecular weight is 511 g/mol. The van der Waals surface area contributed by atoms with Gasteiger partial charge in [-0.1, -0.05) is 35.9 Å². The molecule has 0 aliphatic heterocycles. The van der Waals surface area contributed by atoms with Gasteiger partial charge in [0.1, 0.15) is 0 Å². The zero-order valence-corrected chi connectivity index (χ0v) is 18.5. The Labute approximate surface area is 191 Å². The summed E-state index contributed by atoms with van der Waals surface area (Å²) in [6.45, 7) is 0. The number of rotatable bonds is 6. The van der Waals surface area contributed by atoms with Crippen molar-refractivity contribution in [1.29, 1.82) is 0 Å². The van der Waals surface area contributed by atoms with Crippen LogP contribution >= 0.6 is 11.6 Å². The zero-order valence-electron chi connectivity index (χ0n) is 16.1. The van der Waals surface area contributed by atoms with Gasteiger partial charge in [-0.2, -0.15) is 25.6 Å². The molecule has 3 rings (SSSR count). The van der Waals surface area contributed by atoms with Crippen LogP contribution in [-0.4, -0.2) is 38.1 Å². The molecule has 0 saturated carbocycles. The highest BCUT2D eigenvalue weighted by Gasteiger charge is 2.27. The van der Waals surface area contributed by atoms with E-state index in [0.29, 0.717) is 0 Å². The number of halogens is 1. The first kappa shape index (κ1) is 23.9. The molecule has 1 aliphatic rings. The van der Waals surface area contributed by atoms with Crippen LogP contribution in [0.4, 0.5) is 11.4 Å². The highest BCUT2D eigenvalue weighted by atomic mass is 35.5. The van der Waals surface area contributed by atoms with Crippen molar-refractivity contribution in [1.82, 2.24) is 0 Å². The predicted octanol–water partition coefficient (Wildman–Crippen LogP) is 3.16. The van der Waals surface area contributed by atoms with Gasteiger partial charge < -0.3 is 0 Å². The first-order valence-electron chi connectivity index (χ1n) is 8.65. The Bertz CT molecular complexity index is 1510. The molecule has 1 aliphatic carbocycles. The van der Waals surface area contributed by atoms with Gasteiger partial charge in [0.2, 0.25) is 0 Å². The molecule has 15 heteroatoms. The summed E-state index contributed by atoms with van der Waals surface area (Å²) in [5, 5.41) is 21.9. The van der Waals surface area contributed by atoms with Gasteiger partial charge in [-0.3, -0.25) is 20.2 Å². The van der Waals surface area contributed by atoms with E-state index in [-0.39, 0.29) is 16.5 Å². The molecule has 2 aromatic carbocycles.